The summed E-state index contributed by atoms with van der Waals surface area (Å²) in [6.45, 7) is 10.6. The van der Waals surface area contributed by atoms with Crippen LogP contribution in [0.5, 0.6) is 0 Å². The van der Waals surface area contributed by atoms with Gasteiger partial charge in [-0.1, -0.05) is 31.2 Å². The predicted molar refractivity (Wildman–Crippen MR) is 75.6 cm³/mol. The van der Waals surface area contributed by atoms with Crippen molar-refractivity contribution in [3.8, 4) is 0 Å². The maximum absolute atomic E-state index is 6.05. The van der Waals surface area contributed by atoms with Crippen molar-refractivity contribution in [3.63, 3.8) is 0 Å². The van der Waals surface area contributed by atoms with E-state index in [-0.39, 0.29) is 18.3 Å². The zero-order chi connectivity index (χ0) is 13.4. The molecule has 1 aliphatic rings. The summed E-state index contributed by atoms with van der Waals surface area (Å²) in [5.41, 5.74) is 2.24. The molecule has 0 aliphatic carbocycles. The Morgan fingerprint density at radius 1 is 0.944 bits per heavy atom. The molecule has 0 amide bonds. The number of hydrogen-bond donors (Lipinski definition) is 0. The molecule has 2 nitrogen and oxygen atoms in total. The SMILES string of the molecule is CCc1ccccc1CB1OC(C)(C)C(C)(C)O1. The Balaban J connectivity index is 2.12. The van der Waals surface area contributed by atoms with Crippen LogP contribution >= 0.6 is 0 Å². The maximum Gasteiger partial charge on any atom is 0.462 e. The molecule has 1 aromatic rings. The van der Waals surface area contributed by atoms with Crippen molar-refractivity contribution in [2.24, 2.45) is 0 Å². The second-order valence-electron chi connectivity index (χ2n) is 6.01. The Kier molecular flexibility index (Phi) is 3.57. The first-order valence-electron chi connectivity index (χ1n) is 6.78. The molecule has 1 aliphatic heterocycles. The number of rotatable bonds is 3. The molecule has 0 atom stereocenters. The van der Waals surface area contributed by atoms with E-state index >= 15 is 0 Å². The fourth-order valence-corrected chi connectivity index (χ4v) is 2.33. The van der Waals surface area contributed by atoms with E-state index in [1.54, 1.807) is 0 Å². The molecule has 98 valence electrons. The molecule has 0 unspecified atom stereocenters. The van der Waals surface area contributed by atoms with E-state index in [0.717, 1.165) is 12.7 Å². The van der Waals surface area contributed by atoms with Crippen molar-refractivity contribution in [1.29, 1.82) is 0 Å². The van der Waals surface area contributed by atoms with E-state index in [2.05, 4.69) is 58.9 Å². The lowest BCUT2D eigenvalue weighted by atomic mass is 9.79. The van der Waals surface area contributed by atoms with Crippen LogP contribution in [0.25, 0.3) is 0 Å². The summed E-state index contributed by atoms with van der Waals surface area (Å²) < 4.78 is 12.1. The molecule has 2 rings (SSSR count). The fraction of sp³-hybridized carbons (Fsp3) is 0.600. The van der Waals surface area contributed by atoms with Crippen LogP contribution in [-0.4, -0.2) is 18.3 Å². The lowest BCUT2D eigenvalue weighted by Crippen LogP contribution is -2.41. The van der Waals surface area contributed by atoms with Crippen molar-refractivity contribution < 1.29 is 9.31 Å². The molecule has 1 fully saturated rings. The third-order valence-electron chi connectivity index (χ3n) is 4.19. The summed E-state index contributed by atoms with van der Waals surface area (Å²) in [5, 5.41) is 0. The fourth-order valence-electron chi connectivity index (χ4n) is 2.33. The van der Waals surface area contributed by atoms with Gasteiger partial charge in [0.2, 0.25) is 0 Å². The molecule has 0 saturated carbocycles. The minimum atomic E-state index is -0.237. The number of benzene rings is 1. The maximum atomic E-state index is 6.05. The van der Waals surface area contributed by atoms with Crippen LogP contribution in [0, 0.1) is 0 Å². The zero-order valence-corrected chi connectivity index (χ0v) is 12.1. The average molecular weight is 246 g/mol. The lowest BCUT2D eigenvalue weighted by molar-refractivity contribution is 0.00578. The van der Waals surface area contributed by atoms with Gasteiger partial charge < -0.3 is 9.31 Å². The largest absolute Gasteiger partial charge is 0.462 e. The van der Waals surface area contributed by atoms with Crippen LogP contribution in [-0.2, 0) is 22.0 Å². The zero-order valence-electron chi connectivity index (χ0n) is 12.1. The number of hydrogen-bond acceptors (Lipinski definition) is 2. The van der Waals surface area contributed by atoms with Gasteiger partial charge in [-0.05, 0) is 45.2 Å². The second-order valence-corrected chi connectivity index (χ2v) is 6.01. The molecule has 1 heterocycles. The monoisotopic (exact) mass is 246 g/mol. The Morgan fingerprint density at radius 3 is 1.94 bits per heavy atom. The Hall–Kier alpha value is -0.795. The van der Waals surface area contributed by atoms with Crippen LogP contribution < -0.4 is 0 Å². The average Bonchev–Trinajstić information content (AvgIpc) is 2.47. The molecule has 18 heavy (non-hydrogen) atoms. The Labute approximate surface area is 111 Å². The third kappa shape index (κ3) is 2.48. The Morgan fingerprint density at radius 2 is 1.44 bits per heavy atom. The van der Waals surface area contributed by atoms with Crippen LogP contribution in [0.15, 0.2) is 24.3 Å². The third-order valence-corrected chi connectivity index (χ3v) is 4.19. The summed E-state index contributed by atoms with van der Waals surface area (Å²) >= 11 is 0. The highest BCUT2D eigenvalue weighted by atomic mass is 16.7. The quantitative estimate of drug-likeness (QED) is 0.761. The van der Waals surface area contributed by atoms with Gasteiger partial charge in [0.15, 0.2) is 0 Å². The van der Waals surface area contributed by atoms with E-state index in [4.69, 9.17) is 9.31 Å². The highest BCUT2D eigenvalue weighted by Gasteiger charge is 2.50. The van der Waals surface area contributed by atoms with Crippen molar-refractivity contribution in [2.45, 2.75) is 58.6 Å². The molecule has 1 saturated heterocycles. The molecular weight excluding hydrogens is 223 g/mol. The summed E-state index contributed by atoms with van der Waals surface area (Å²) in [5.74, 6) is 0. The summed E-state index contributed by atoms with van der Waals surface area (Å²) in [6, 6.07) is 8.52. The second kappa shape index (κ2) is 4.71. The van der Waals surface area contributed by atoms with Gasteiger partial charge >= 0.3 is 7.12 Å². The van der Waals surface area contributed by atoms with E-state index < -0.39 is 0 Å². The van der Waals surface area contributed by atoms with Gasteiger partial charge in [-0.2, -0.15) is 0 Å². The van der Waals surface area contributed by atoms with E-state index in [1.807, 2.05) is 0 Å². The molecular formula is C15H23BO2. The standard InChI is InChI=1S/C15H23BO2/c1-6-12-9-7-8-10-13(12)11-16-17-14(2,3)15(4,5)18-16/h7-10H,6,11H2,1-5H3. The molecule has 0 spiro atoms. The molecule has 0 N–H and O–H groups in total. The highest BCUT2D eigenvalue weighted by Crippen LogP contribution is 2.37. The molecule has 3 heteroatoms. The molecule has 0 bridgehead atoms. The van der Waals surface area contributed by atoms with E-state index in [0.29, 0.717) is 0 Å². The van der Waals surface area contributed by atoms with Crippen molar-refractivity contribution >= 4 is 7.12 Å². The first-order valence-corrected chi connectivity index (χ1v) is 6.78. The summed E-state index contributed by atoms with van der Waals surface area (Å²) in [7, 11) is -0.136. The molecule has 1 aromatic carbocycles. The van der Waals surface area contributed by atoms with Gasteiger partial charge in [-0.3, -0.25) is 0 Å². The van der Waals surface area contributed by atoms with Gasteiger partial charge in [0.25, 0.3) is 0 Å². The van der Waals surface area contributed by atoms with Gasteiger partial charge in [0, 0.05) is 6.32 Å². The van der Waals surface area contributed by atoms with Crippen molar-refractivity contribution in [1.82, 2.24) is 0 Å². The Bertz CT molecular complexity index is 410. The van der Waals surface area contributed by atoms with Crippen LogP contribution in [0.2, 0.25) is 0 Å². The van der Waals surface area contributed by atoms with E-state index in [9.17, 15) is 0 Å². The molecule has 0 aromatic heterocycles. The van der Waals surface area contributed by atoms with Crippen molar-refractivity contribution in [3.05, 3.63) is 35.4 Å². The topological polar surface area (TPSA) is 18.5 Å². The normalized spacial score (nSPS) is 21.3. The van der Waals surface area contributed by atoms with Gasteiger partial charge in [0.1, 0.15) is 0 Å². The smallest absolute Gasteiger partial charge is 0.403 e. The lowest BCUT2D eigenvalue weighted by Gasteiger charge is -2.32. The first kappa shape index (κ1) is 13.6. The first-order chi connectivity index (χ1) is 8.36. The minimum absolute atomic E-state index is 0.136. The van der Waals surface area contributed by atoms with Crippen molar-refractivity contribution in [2.75, 3.05) is 0 Å². The summed E-state index contributed by atoms with van der Waals surface area (Å²) in [4.78, 5) is 0. The molecule has 0 radical (unpaired) electrons. The number of aryl methyl sites for hydroxylation is 1. The highest BCUT2D eigenvalue weighted by molar-refractivity contribution is 6.45. The van der Waals surface area contributed by atoms with Gasteiger partial charge in [-0.25, -0.2) is 0 Å². The van der Waals surface area contributed by atoms with Crippen LogP contribution in [0.3, 0.4) is 0 Å². The van der Waals surface area contributed by atoms with E-state index in [1.165, 1.54) is 11.1 Å². The van der Waals surface area contributed by atoms with Gasteiger partial charge in [0.05, 0.1) is 11.2 Å². The predicted octanol–water partition coefficient (Wildman–Crippen LogP) is 3.42. The minimum Gasteiger partial charge on any atom is -0.403 e. The van der Waals surface area contributed by atoms with Crippen LogP contribution in [0.4, 0.5) is 0 Å². The summed E-state index contributed by atoms with van der Waals surface area (Å²) in [6.07, 6.45) is 1.88. The van der Waals surface area contributed by atoms with Crippen LogP contribution in [0.1, 0.15) is 45.7 Å². The van der Waals surface area contributed by atoms with Gasteiger partial charge in [-0.15, -0.1) is 0 Å².